The van der Waals surface area contributed by atoms with Gasteiger partial charge in [-0.3, -0.25) is 0 Å². The van der Waals surface area contributed by atoms with Crippen molar-refractivity contribution < 1.29 is 4.74 Å². The smallest absolute Gasteiger partial charge is 0.210 e. The Bertz CT molecular complexity index is 864. The molecular formula is C18H19ClN4OS. The van der Waals surface area contributed by atoms with Crippen molar-refractivity contribution in [2.75, 3.05) is 5.84 Å². The van der Waals surface area contributed by atoms with E-state index in [1.807, 2.05) is 43.3 Å². The number of aromatic nitrogens is 3. The van der Waals surface area contributed by atoms with Crippen molar-refractivity contribution in [1.82, 2.24) is 14.9 Å². The van der Waals surface area contributed by atoms with Gasteiger partial charge < -0.3 is 10.6 Å². The average molecular weight is 375 g/mol. The van der Waals surface area contributed by atoms with Gasteiger partial charge in [0.25, 0.3) is 0 Å². The van der Waals surface area contributed by atoms with E-state index in [0.29, 0.717) is 11.0 Å². The minimum Gasteiger partial charge on any atom is -0.485 e. The Labute approximate surface area is 156 Å². The van der Waals surface area contributed by atoms with Crippen LogP contribution in [0.3, 0.4) is 0 Å². The Morgan fingerprint density at radius 3 is 2.60 bits per heavy atom. The van der Waals surface area contributed by atoms with E-state index < -0.39 is 0 Å². The van der Waals surface area contributed by atoms with Crippen molar-refractivity contribution in [3.8, 4) is 5.75 Å². The zero-order chi connectivity index (χ0) is 17.8. The molecule has 0 bridgehead atoms. The van der Waals surface area contributed by atoms with Gasteiger partial charge in [-0.05, 0) is 43.2 Å². The Kier molecular flexibility index (Phi) is 5.50. The molecule has 0 amide bonds. The molecule has 1 aromatic heterocycles. The summed E-state index contributed by atoms with van der Waals surface area (Å²) in [7, 11) is 0. The van der Waals surface area contributed by atoms with Crippen molar-refractivity contribution >= 4 is 23.4 Å². The first kappa shape index (κ1) is 17.6. The zero-order valence-electron chi connectivity index (χ0n) is 14.1. The van der Waals surface area contributed by atoms with Crippen molar-refractivity contribution in [3.05, 3.63) is 70.0 Å². The minimum atomic E-state index is 0.273. The van der Waals surface area contributed by atoms with Gasteiger partial charge in [0, 0.05) is 10.8 Å². The number of ether oxygens (including phenoxy) is 1. The molecule has 7 heteroatoms. The first-order chi connectivity index (χ1) is 12.0. The third kappa shape index (κ3) is 4.46. The fraction of sp³-hybridized carbons (Fsp3) is 0.222. The minimum absolute atomic E-state index is 0.273. The predicted molar refractivity (Wildman–Crippen MR) is 101 cm³/mol. The van der Waals surface area contributed by atoms with Crippen LogP contribution in [-0.4, -0.2) is 14.9 Å². The largest absolute Gasteiger partial charge is 0.485 e. The SMILES string of the molecule is Cc1ccc(OCc2nnc(SCc3ccc(Cl)cc3)n2N)c(C)c1. The summed E-state index contributed by atoms with van der Waals surface area (Å²) in [5.41, 5.74) is 3.43. The number of thioether (sulfide) groups is 1. The number of nitrogen functional groups attached to an aromatic ring is 1. The molecule has 0 atom stereocenters. The molecule has 1 heterocycles. The van der Waals surface area contributed by atoms with Crippen LogP contribution in [0.15, 0.2) is 47.6 Å². The summed E-state index contributed by atoms with van der Waals surface area (Å²) in [5.74, 6) is 8.23. The van der Waals surface area contributed by atoms with Crippen LogP contribution in [0.2, 0.25) is 5.02 Å². The molecule has 0 fully saturated rings. The van der Waals surface area contributed by atoms with E-state index in [0.717, 1.165) is 27.7 Å². The normalized spacial score (nSPS) is 10.8. The van der Waals surface area contributed by atoms with Crippen LogP contribution >= 0.6 is 23.4 Å². The molecule has 0 spiro atoms. The van der Waals surface area contributed by atoms with Crippen LogP contribution in [-0.2, 0) is 12.4 Å². The number of hydrogen-bond donors (Lipinski definition) is 1. The molecule has 0 unspecified atom stereocenters. The molecule has 0 radical (unpaired) electrons. The van der Waals surface area contributed by atoms with Gasteiger partial charge in [-0.25, -0.2) is 4.68 Å². The summed E-state index contributed by atoms with van der Waals surface area (Å²) in [6.07, 6.45) is 0. The lowest BCUT2D eigenvalue weighted by Gasteiger charge is -2.09. The third-order valence-electron chi connectivity index (χ3n) is 3.70. The van der Waals surface area contributed by atoms with E-state index in [9.17, 15) is 0 Å². The van der Waals surface area contributed by atoms with Gasteiger partial charge in [-0.15, -0.1) is 10.2 Å². The first-order valence-corrected chi connectivity index (χ1v) is 9.16. The van der Waals surface area contributed by atoms with E-state index >= 15 is 0 Å². The Hall–Kier alpha value is -2.18. The van der Waals surface area contributed by atoms with Gasteiger partial charge in [0.2, 0.25) is 5.16 Å². The van der Waals surface area contributed by atoms with Gasteiger partial charge in [-0.2, -0.15) is 0 Å². The topological polar surface area (TPSA) is 66.0 Å². The number of hydrogen-bond acceptors (Lipinski definition) is 5. The van der Waals surface area contributed by atoms with Gasteiger partial charge >= 0.3 is 0 Å². The highest BCUT2D eigenvalue weighted by Gasteiger charge is 2.11. The van der Waals surface area contributed by atoms with E-state index in [1.54, 1.807) is 0 Å². The number of nitrogens with zero attached hydrogens (tertiary/aromatic N) is 3. The summed E-state index contributed by atoms with van der Waals surface area (Å²) < 4.78 is 7.30. The molecule has 0 saturated carbocycles. The Morgan fingerprint density at radius 1 is 1.12 bits per heavy atom. The molecule has 0 saturated heterocycles. The fourth-order valence-electron chi connectivity index (χ4n) is 2.34. The second-order valence-electron chi connectivity index (χ2n) is 5.74. The van der Waals surface area contributed by atoms with Crippen LogP contribution < -0.4 is 10.6 Å². The number of benzene rings is 2. The number of aryl methyl sites for hydroxylation is 2. The molecule has 5 nitrogen and oxygen atoms in total. The standard InChI is InChI=1S/C18H19ClN4OS/c1-12-3-8-16(13(2)9-12)24-10-17-21-22-18(23(17)20)25-11-14-4-6-15(19)7-5-14/h3-9H,10-11,20H2,1-2H3. The molecular weight excluding hydrogens is 356 g/mol. The summed E-state index contributed by atoms with van der Waals surface area (Å²) in [6.45, 7) is 4.34. The summed E-state index contributed by atoms with van der Waals surface area (Å²) >= 11 is 7.41. The maximum Gasteiger partial charge on any atom is 0.210 e. The molecule has 0 aliphatic heterocycles. The van der Waals surface area contributed by atoms with Gasteiger partial charge in [0.05, 0.1) is 0 Å². The highest BCUT2D eigenvalue weighted by molar-refractivity contribution is 7.98. The van der Waals surface area contributed by atoms with Gasteiger partial charge in [-0.1, -0.05) is 53.2 Å². The molecule has 0 aliphatic carbocycles. The monoisotopic (exact) mass is 374 g/mol. The van der Waals surface area contributed by atoms with E-state index in [1.165, 1.54) is 22.0 Å². The Balaban J connectivity index is 1.61. The van der Waals surface area contributed by atoms with E-state index in [-0.39, 0.29) is 6.61 Å². The van der Waals surface area contributed by atoms with Crippen LogP contribution in [0.1, 0.15) is 22.5 Å². The van der Waals surface area contributed by atoms with Gasteiger partial charge in [0.1, 0.15) is 12.4 Å². The maximum absolute atomic E-state index is 6.09. The third-order valence-corrected chi connectivity index (χ3v) is 4.97. The average Bonchev–Trinajstić information content (AvgIpc) is 2.94. The van der Waals surface area contributed by atoms with Crippen LogP contribution in [0.4, 0.5) is 0 Å². The van der Waals surface area contributed by atoms with Crippen molar-refractivity contribution in [3.63, 3.8) is 0 Å². The van der Waals surface area contributed by atoms with Crippen molar-refractivity contribution in [1.29, 1.82) is 0 Å². The maximum atomic E-state index is 6.09. The molecule has 25 heavy (non-hydrogen) atoms. The molecule has 130 valence electrons. The number of halogens is 1. The quantitative estimate of drug-likeness (QED) is 0.519. The lowest BCUT2D eigenvalue weighted by Crippen LogP contribution is -2.16. The highest BCUT2D eigenvalue weighted by Crippen LogP contribution is 2.23. The lowest BCUT2D eigenvalue weighted by molar-refractivity contribution is 0.289. The predicted octanol–water partition coefficient (Wildman–Crippen LogP) is 4.13. The molecule has 2 N–H and O–H groups in total. The van der Waals surface area contributed by atoms with Gasteiger partial charge in [0.15, 0.2) is 5.82 Å². The van der Waals surface area contributed by atoms with Crippen LogP contribution in [0.5, 0.6) is 5.75 Å². The molecule has 3 rings (SSSR count). The zero-order valence-corrected chi connectivity index (χ0v) is 15.6. The Morgan fingerprint density at radius 2 is 1.88 bits per heavy atom. The number of nitrogens with two attached hydrogens (primary N) is 1. The summed E-state index contributed by atoms with van der Waals surface area (Å²) in [4.78, 5) is 0. The summed E-state index contributed by atoms with van der Waals surface area (Å²) in [6, 6.07) is 13.8. The van der Waals surface area contributed by atoms with Crippen molar-refractivity contribution in [2.24, 2.45) is 0 Å². The molecule has 3 aromatic rings. The molecule has 2 aromatic carbocycles. The van der Waals surface area contributed by atoms with Crippen LogP contribution in [0.25, 0.3) is 0 Å². The van der Waals surface area contributed by atoms with E-state index in [4.69, 9.17) is 22.2 Å². The highest BCUT2D eigenvalue weighted by atomic mass is 35.5. The van der Waals surface area contributed by atoms with E-state index in [2.05, 4.69) is 23.2 Å². The number of rotatable bonds is 6. The lowest BCUT2D eigenvalue weighted by atomic mass is 10.1. The second-order valence-corrected chi connectivity index (χ2v) is 7.12. The second kappa shape index (κ2) is 7.80. The fourth-order valence-corrected chi connectivity index (χ4v) is 3.29. The van der Waals surface area contributed by atoms with Crippen LogP contribution in [0, 0.1) is 13.8 Å². The summed E-state index contributed by atoms with van der Waals surface area (Å²) in [5, 5.41) is 9.64. The van der Waals surface area contributed by atoms with Crippen molar-refractivity contribution in [2.45, 2.75) is 31.4 Å². The molecule has 0 aliphatic rings. The first-order valence-electron chi connectivity index (χ1n) is 7.79.